The first-order chi connectivity index (χ1) is 6.50. The van der Waals surface area contributed by atoms with E-state index in [0.717, 1.165) is 13.1 Å². The van der Waals surface area contributed by atoms with Crippen LogP contribution in [0.5, 0.6) is 0 Å². The van der Waals surface area contributed by atoms with Crippen LogP contribution in [-0.4, -0.2) is 41.0 Å². The molecule has 0 aromatic heterocycles. The molecule has 2 atom stereocenters. The zero-order chi connectivity index (χ0) is 10.7. The van der Waals surface area contributed by atoms with E-state index in [0.29, 0.717) is 18.4 Å². The van der Waals surface area contributed by atoms with Crippen LogP contribution in [0.4, 0.5) is 0 Å². The lowest BCUT2D eigenvalue weighted by Gasteiger charge is -2.18. The molecule has 4 heteroatoms. The third-order valence-corrected chi connectivity index (χ3v) is 3.26. The lowest BCUT2D eigenvalue weighted by Crippen LogP contribution is -2.32. The molecule has 1 heterocycles. The summed E-state index contributed by atoms with van der Waals surface area (Å²) in [7, 11) is 0. The molecule has 1 aliphatic rings. The van der Waals surface area contributed by atoms with Crippen molar-refractivity contribution >= 4 is 17.6 Å². The Bertz CT molecular complexity index is 208. The number of nitrogens with zero attached hydrogens (tertiary/aromatic N) is 1. The summed E-state index contributed by atoms with van der Waals surface area (Å²) in [6.07, 6.45) is 1.17. The largest absolute Gasteiger partial charge is 0.480 e. The zero-order valence-electron chi connectivity index (χ0n) is 8.74. The zero-order valence-corrected chi connectivity index (χ0v) is 9.50. The van der Waals surface area contributed by atoms with E-state index in [1.54, 1.807) is 0 Å². The molecule has 0 aliphatic carbocycles. The van der Waals surface area contributed by atoms with Crippen LogP contribution >= 0.6 is 11.6 Å². The maximum absolute atomic E-state index is 10.5. The molecular weight excluding hydrogens is 202 g/mol. The Labute approximate surface area is 90.0 Å². The Hall–Kier alpha value is -0.280. The number of carbonyl (C=O) groups is 1. The molecule has 1 saturated heterocycles. The lowest BCUT2D eigenvalue weighted by atomic mass is 9.95. The van der Waals surface area contributed by atoms with Gasteiger partial charge in [0.1, 0.15) is 5.38 Å². The van der Waals surface area contributed by atoms with Gasteiger partial charge in [0.2, 0.25) is 0 Å². The topological polar surface area (TPSA) is 40.5 Å². The van der Waals surface area contributed by atoms with Gasteiger partial charge in [0.25, 0.3) is 0 Å². The van der Waals surface area contributed by atoms with Gasteiger partial charge in [-0.3, -0.25) is 4.79 Å². The van der Waals surface area contributed by atoms with Crippen molar-refractivity contribution < 1.29 is 9.90 Å². The van der Waals surface area contributed by atoms with E-state index in [2.05, 4.69) is 18.7 Å². The van der Waals surface area contributed by atoms with Gasteiger partial charge in [-0.2, -0.15) is 0 Å². The molecule has 14 heavy (non-hydrogen) atoms. The van der Waals surface area contributed by atoms with Crippen molar-refractivity contribution in [3.05, 3.63) is 0 Å². The molecule has 0 spiro atoms. The van der Waals surface area contributed by atoms with Crippen molar-refractivity contribution in [2.24, 2.45) is 11.8 Å². The predicted octanol–water partition coefficient (Wildman–Crippen LogP) is 1.66. The molecule has 82 valence electrons. The summed E-state index contributed by atoms with van der Waals surface area (Å²) in [5, 5.41) is 7.90. The standard InChI is InChI=1S/C10H18ClNO2/c1-7(2)8-3-4-12(5-8)6-9(11)10(13)14/h7-9H,3-6H2,1-2H3,(H,13,14). The first kappa shape index (κ1) is 11.8. The summed E-state index contributed by atoms with van der Waals surface area (Å²) in [5.41, 5.74) is 0. The average Bonchev–Trinajstić information content (AvgIpc) is 2.52. The fourth-order valence-electron chi connectivity index (χ4n) is 1.88. The third kappa shape index (κ3) is 3.14. The van der Waals surface area contributed by atoms with Gasteiger partial charge in [0.15, 0.2) is 0 Å². The Balaban J connectivity index is 2.32. The molecule has 0 aromatic rings. The Morgan fingerprint density at radius 1 is 1.64 bits per heavy atom. The molecule has 0 aromatic carbocycles. The monoisotopic (exact) mass is 219 g/mol. The lowest BCUT2D eigenvalue weighted by molar-refractivity contribution is -0.136. The molecule has 1 N–H and O–H groups in total. The van der Waals surface area contributed by atoms with E-state index >= 15 is 0 Å². The SMILES string of the molecule is CC(C)C1CCN(CC(Cl)C(=O)O)C1. The Morgan fingerprint density at radius 2 is 2.29 bits per heavy atom. The van der Waals surface area contributed by atoms with Gasteiger partial charge in [0, 0.05) is 13.1 Å². The van der Waals surface area contributed by atoms with Crippen molar-refractivity contribution in [2.75, 3.05) is 19.6 Å². The number of rotatable bonds is 4. The molecule has 1 rings (SSSR count). The number of halogens is 1. The van der Waals surface area contributed by atoms with Crippen LogP contribution in [0.25, 0.3) is 0 Å². The fraction of sp³-hybridized carbons (Fsp3) is 0.900. The van der Waals surface area contributed by atoms with Gasteiger partial charge in [-0.1, -0.05) is 13.8 Å². The highest BCUT2D eigenvalue weighted by atomic mass is 35.5. The van der Waals surface area contributed by atoms with Crippen LogP contribution in [0.2, 0.25) is 0 Å². The van der Waals surface area contributed by atoms with Crippen molar-refractivity contribution in [2.45, 2.75) is 25.6 Å². The van der Waals surface area contributed by atoms with Crippen LogP contribution in [0.15, 0.2) is 0 Å². The van der Waals surface area contributed by atoms with Gasteiger partial charge in [0.05, 0.1) is 0 Å². The minimum atomic E-state index is -0.917. The average molecular weight is 220 g/mol. The maximum atomic E-state index is 10.5. The third-order valence-electron chi connectivity index (χ3n) is 2.94. The van der Waals surface area contributed by atoms with Gasteiger partial charge in [-0.25, -0.2) is 0 Å². The highest BCUT2D eigenvalue weighted by molar-refractivity contribution is 6.29. The molecule has 0 radical (unpaired) electrons. The van der Waals surface area contributed by atoms with Crippen LogP contribution in [0.1, 0.15) is 20.3 Å². The first-order valence-corrected chi connectivity index (χ1v) is 5.53. The minimum Gasteiger partial charge on any atom is -0.480 e. The van der Waals surface area contributed by atoms with E-state index in [1.165, 1.54) is 6.42 Å². The predicted molar refractivity (Wildman–Crippen MR) is 56.7 cm³/mol. The summed E-state index contributed by atoms with van der Waals surface area (Å²) >= 11 is 5.68. The van der Waals surface area contributed by atoms with Gasteiger partial charge in [-0.05, 0) is 24.8 Å². The quantitative estimate of drug-likeness (QED) is 0.732. The molecule has 0 bridgehead atoms. The summed E-state index contributed by atoms with van der Waals surface area (Å²) in [6.45, 7) is 6.88. The molecule has 1 aliphatic heterocycles. The van der Waals surface area contributed by atoms with Gasteiger partial charge in [-0.15, -0.1) is 11.6 Å². The number of alkyl halides is 1. The molecule has 0 saturated carbocycles. The Morgan fingerprint density at radius 3 is 2.71 bits per heavy atom. The number of aliphatic carboxylic acids is 1. The fourth-order valence-corrected chi connectivity index (χ4v) is 2.07. The molecule has 3 nitrogen and oxygen atoms in total. The molecule has 2 unspecified atom stereocenters. The van der Waals surface area contributed by atoms with Gasteiger partial charge >= 0.3 is 5.97 Å². The molecule has 0 amide bonds. The highest BCUT2D eigenvalue weighted by Crippen LogP contribution is 2.23. The number of likely N-dealkylation sites (tertiary alicyclic amines) is 1. The maximum Gasteiger partial charge on any atom is 0.322 e. The molecular formula is C10H18ClNO2. The number of hydrogen-bond donors (Lipinski definition) is 1. The van der Waals surface area contributed by atoms with Crippen LogP contribution in [-0.2, 0) is 4.79 Å². The number of carboxylic acids is 1. The van der Waals surface area contributed by atoms with Crippen molar-refractivity contribution in [1.29, 1.82) is 0 Å². The smallest absolute Gasteiger partial charge is 0.322 e. The Kier molecular flexibility index (Phi) is 4.20. The summed E-state index contributed by atoms with van der Waals surface area (Å²) < 4.78 is 0. The van der Waals surface area contributed by atoms with E-state index in [9.17, 15) is 4.79 Å². The second-order valence-corrected chi connectivity index (χ2v) is 4.88. The van der Waals surface area contributed by atoms with E-state index < -0.39 is 11.3 Å². The normalized spacial score (nSPS) is 25.6. The summed E-state index contributed by atoms with van der Waals surface area (Å²) in [5.74, 6) is 0.464. The second-order valence-electron chi connectivity index (χ2n) is 4.36. The minimum absolute atomic E-state index is 0.472. The summed E-state index contributed by atoms with van der Waals surface area (Å²) in [4.78, 5) is 12.7. The van der Waals surface area contributed by atoms with E-state index in [4.69, 9.17) is 16.7 Å². The second kappa shape index (κ2) is 4.99. The number of hydrogen-bond acceptors (Lipinski definition) is 2. The van der Waals surface area contributed by atoms with E-state index in [1.807, 2.05) is 0 Å². The first-order valence-electron chi connectivity index (χ1n) is 5.10. The van der Waals surface area contributed by atoms with Crippen LogP contribution in [0, 0.1) is 11.8 Å². The van der Waals surface area contributed by atoms with Crippen LogP contribution in [0.3, 0.4) is 0 Å². The van der Waals surface area contributed by atoms with Gasteiger partial charge < -0.3 is 10.0 Å². The molecule has 1 fully saturated rings. The number of carboxylic acid groups (broad SMARTS) is 1. The van der Waals surface area contributed by atoms with E-state index in [-0.39, 0.29) is 0 Å². The van der Waals surface area contributed by atoms with Crippen molar-refractivity contribution in [1.82, 2.24) is 4.90 Å². The van der Waals surface area contributed by atoms with Crippen molar-refractivity contribution in [3.63, 3.8) is 0 Å². The van der Waals surface area contributed by atoms with Crippen LogP contribution < -0.4 is 0 Å². The summed E-state index contributed by atoms with van der Waals surface area (Å²) in [6, 6.07) is 0. The highest BCUT2D eigenvalue weighted by Gasteiger charge is 2.27. The van der Waals surface area contributed by atoms with Crippen molar-refractivity contribution in [3.8, 4) is 0 Å².